The number of ketones is 1. The Labute approximate surface area is 223 Å². The molecule has 1 fully saturated rings. The highest BCUT2D eigenvalue weighted by Gasteiger charge is 2.45. The number of hydrogen-bond donors (Lipinski definition) is 2. The van der Waals surface area contributed by atoms with Gasteiger partial charge in [-0.1, -0.05) is 71.7 Å². The van der Waals surface area contributed by atoms with Gasteiger partial charge in [-0.25, -0.2) is 0 Å². The first-order chi connectivity index (χ1) is 17.4. The van der Waals surface area contributed by atoms with Gasteiger partial charge in [-0.2, -0.15) is 0 Å². The van der Waals surface area contributed by atoms with Crippen LogP contribution in [-0.4, -0.2) is 29.1 Å². The van der Waals surface area contributed by atoms with Crippen LogP contribution in [0.2, 0.25) is 10.0 Å². The van der Waals surface area contributed by atoms with E-state index in [1.54, 1.807) is 0 Å². The van der Waals surface area contributed by atoms with Gasteiger partial charge in [0.15, 0.2) is 5.78 Å². The summed E-state index contributed by atoms with van der Waals surface area (Å²) in [5.74, 6) is -0.375. The Balaban J connectivity index is 1.58. The van der Waals surface area contributed by atoms with E-state index >= 15 is 0 Å². The molecule has 3 aromatic carbocycles. The molecular weight excluding hydrogens is 489 g/mol. The standard InChI is InChI=1S/C31H31Cl2NO2/c32-25-12-10-23(11-13-25)30(28-19-24-18-26(33)14-9-22(24)7-4-8-29(28)35)31(36)15-16-34-27(20-31)17-21-5-2-1-3-6-21/h1-3,5-6,9-14,18-19,27,30,34,36H,4,7-8,15-17,20H2. The number of fused-ring (bicyclic) bond motifs is 1. The van der Waals surface area contributed by atoms with E-state index in [1.807, 2.05) is 66.7 Å². The molecule has 1 saturated heterocycles. The van der Waals surface area contributed by atoms with E-state index in [2.05, 4.69) is 17.4 Å². The van der Waals surface area contributed by atoms with Crippen LogP contribution >= 0.6 is 23.2 Å². The monoisotopic (exact) mass is 519 g/mol. The van der Waals surface area contributed by atoms with Crippen molar-refractivity contribution in [2.45, 2.75) is 56.1 Å². The number of carbonyl (C=O) groups excluding carboxylic acids is 1. The molecule has 5 rings (SSSR count). The fourth-order valence-electron chi connectivity index (χ4n) is 5.84. The van der Waals surface area contributed by atoms with Crippen molar-refractivity contribution in [3.05, 3.63) is 111 Å². The average Bonchev–Trinajstić information content (AvgIpc) is 2.85. The van der Waals surface area contributed by atoms with Crippen LogP contribution in [0.4, 0.5) is 0 Å². The van der Waals surface area contributed by atoms with Crippen LogP contribution in [-0.2, 0) is 17.6 Å². The SMILES string of the molecule is O=C1CCCc2ccc(Cl)cc2C=C1C(c1ccc(Cl)cc1)C1(O)CCNC(Cc2ccccc2)C1. The Kier molecular flexibility index (Phi) is 7.64. The van der Waals surface area contributed by atoms with Crippen LogP contribution < -0.4 is 5.32 Å². The van der Waals surface area contributed by atoms with Crippen molar-refractivity contribution in [2.75, 3.05) is 6.54 Å². The molecule has 3 unspecified atom stereocenters. The summed E-state index contributed by atoms with van der Waals surface area (Å²) in [6, 6.07) is 23.9. The maximum Gasteiger partial charge on any atom is 0.159 e. The molecule has 0 bridgehead atoms. The Morgan fingerprint density at radius 2 is 1.72 bits per heavy atom. The number of Topliss-reactive ketones (excluding diaryl/α,β-unsaturated/α-hetero) is 1. The van der Waals surface area contributed by atoms with Crippen LogP contribution in [0.15, 0.2) is 78.4 Å². The lowest BCUT2D eigenvalue weighted by molar-refractivity contribution is -0.117. The van der Waals surface area contributed by atoms with Crippen molar-refractivity contribution in [1.82, 2.24) is 5.32 Å². The highest BCUT2D eigenvalue weighted by atomic mass is 35.5. The van der Waals surface area contributed by atoms with E-state index in [1.165, 1.54) is 11.1 Å². The molecule has 1 aliphatic carbocycles. The molecular formula is C31H31Cl2NO2. The Morgan fingerprint density at radius 1 is 0.972 bits per heavy atom. The van der Waals surface area contributed by atoms with E-state index in [4.69, 9.17) is 23.2 Å². The van der Waals surface area contributed by atoms with Gasteiger partial charge in [0.05, 0.1) is 5.60 Å². The van der Waals surface area contributed by atoms with Crippen molar-refractivity contribution in [2.24, 2.45) is 0 Å². The third kappa shape index (κ3) is 5.60. The van der Waals surface area contributed by atoms with Gasteiger partial charge >= 0.3 is 0 Å². The van der Waals surface area contributed by atoms with Crippen LogP contribution in [0.5, 0.6) is 0 Å². The zero-order chi connectivity index (χ0) is 25.1. The molecule has 0 radical (unpaired) electrons. The van der Waals surface area contributed by atoms with Crippen molar-refractivity contribution in [1.29, 1.82) is 0 Å². The Hall–Kier alpha value is -2.43. The number of aryl methyl sites for hydroxylation is 1. The number of piperidine rings is 1. The molecule has 5 heteroatoms. The van der Waals surface area contributed by atoms with Gasteiger partial charge in [-0.05, 0) is 91.2 Å². The normalized spacial score (nSPS) is 23.2. The number of hydrogen-bond acceptors (Lipinski definition) is 3. The van der Waals surface area contributed by atoms with Crippen LogP contribution in [0.3, 0.4) is 0 Å². The van der Waals surface area contributed by atoms with E-state index in [-0.39, 0.29) is 11.8 Å². The summed E-state index contributed by atoms with van der Waals surface area (Å²) in [5, 5.41) is 17.2. The molecule has 2 N–H and O–H groups in total. The molecule has 3 aromatic rings. The summed E-state index contributed by atoms with van der Waals surface area (Å²) in [7, 11) is 0. The van der Waals surface area contributed by atoms with E-state index in [0.717, 1.165) is 30.4 Å². The third-order valence-corrected chi connectivity index (χ3v) is 8.05. The Bertz CT molecular complexity index is 1260. The molecule has 3 nitrogen and oxygen atoms in total. The lowest BCUT2D eigenvalue weighted by Gasteiger charge is -2.44. The first-order valence-corrected chi connectivity index (χ1v) is 13.5. The maximum atomic E-state index is 13.6. The molecule has 0 aromatic heterocycles. The van der Waals surface area contributed by atoms with Gasteiger partial charge in [-0.3, -0.25) is 4.79 Å². The fourth-order valence-corrected chi connectivity index (χ4v) is 6.14. The number of nitrogens with one attached hydrogen (secondary N) is 1. The summed E-state index contributed by atoms with van der Waals surface area (Å²) in [5.41, 5.74) is 3.85. The molecule has 0 spiro atoms. The quantitative estimate of drug-likeness (QED) is 0.390. The number of halogens is 2. The van der Waals surface area contributed by atoms with Gasteiger partial charge in [0.25, 0.3) is 0 Å². The lowest BCUT2D eigenvalue weighted by Crippen LogP contribution is -2.52. The van der Waals surface area contributed by atoms with E-state index in [9.17, 15) is 9.90 Å². The number of benzene rings is 3. The van der Waals surface area contributed by atoms with Crippen molar-refractivity contribution >= 4 is 35.1 Å². The second kappa shape index (κ2) is 10.9. The molecule has 186 valence electrons. The minimum atomic E-state index is -1.09. The molecule has 1 aliphatic heterocycles. The smallest absolute Gasteiger partial charge is 0.159 e. The molecule has 0 saturated carbocycles. The molecule has 3 atom stereocenters. The molecule has 0 amide bonds. The average molecular weight is 521 g/mol. The van der Waals surface area contributed by atoms with Gasteiger partial charge in [0, 0.05) is 34.0 Å². The zero-order valence-corrected chi connectivity index (χ0v) is 21.7. The largest absolute Gasteiger partial charge is 0.389 e. The summed E-state index contributed by atoms with van der Waals surface area (Å²) in [6.45, 7) is 0.683. The highest BCUT2D eigenvalue weighted by Crippen LogP contribution is 2.44. The summed E-state index contributed by atoms with van der Waals surface area (Å²) < 4.78 is 0. The fraction of sp³-hybridized carbons (Fsp3) is 0.323. The van der Waals surface area contributed by atoms with Gasteiger partial charge in [-0.15, -0.1) is 0 Å². The lowest BCUT2D eigenvalue weighted by atomic mass is 9.68. The number of aliphatic hydroxyl groups is 1. The maximum absolute atomic E-state index is 13.6. The van der Waals surface area contributed by atoms with Gasteiger partial charge in [0.1, 0.15) is 0 Å². The highest BCUT2D eigenvalue weighted by molar-refractivity contribution is 6.31. The summed E-state index contributed by atoms with van der Waals surface area (Å²) in [4.78, 5) is 13.6. The van der Waals surface area contributed by atoms with Gasteiger partial charge in [0.2, 0.25) is 0 Å². The molecule has 2 aliphatic rings. The topological polar surface area (TPSA) is 49.3 Å². The van der Waals surface area contributed by atoms with Crippen LogP contribution in [0.25, 0.3) is 6.08 Å². The zero-order valence-electron chi connectivity index (χ0n) is 20.2. The second-order valence-corrected chi connectivity index (χ2v) is 11.0. The van der Waals surface area contributed by atoms with Crippen molar-refractivity contribution in [3.8, 4) is 0 Å². The van der Waals surface area contributed by atoms with Crippen LogP contribution in [0.1, 0.15) is 53.9 Å². The first-order valence-electron chi connectivity index (χ1n) is 12.7. The predicted molar refractivity (Wildman–Crippen MR) is 148 cm³/mol. The Morgan fingerprint density at radius 3 is 2.50 bits per heavy atom. The van der Waals surface area contributed by atoms with Crippen molar-refractivity contribution < 1.29 is 9.90 Å². The number of carbonyl (C=O) groups is 1. The van der Waals surface area contributed by atoms with E-state index < -0.39 is 11.5 Å². The van der Waals surface area contributed by atoms with Crippen molar-refractivity contribution in [3.63, 3.8) is 0 Å². The molecule has 1 heterocycles. The van der Waals surface area contributed by atoms with Gasteiger partial charge < -0.3 is 10.4 Å². The third-order valence-electron chi connectivity index (χ3n) is 7.56. The predicted octanol–water partition coefficient (Wildman–Crippen LogP) is 6.79. The second-order valence-electron chi connectivity index (χ2n) is 10.1. The minimum absolute atomic E-state index is 0.0899. The first kappa shape index (κ1) is 25.2. The molecule has 36 heavy (non-hydrogen) atoms. The number of rotatable bonds is 5. The van der Waals surface area contributed by atoms with Crippen LogP contribution in [0, 0.1) is 0 Å². The summed E-state index contributed by atoms with van der Waals surface area (Å²) >= 11 is 12.6. The summed E-state index contributed by atoms with van der Waals surface area (Å²) in [6.07, 6.45) is 5.96. The van der Waals surface area contributed by atoms with E-state index in [0.29, 0.717) is 41.4 Å². The minimum Gasteiger partial charge on any atom is -0.389 e.